The number of nitrogens with one attached hydrogen (secondary N) is 1. The number of carbonyl (C=O) groups excluding carboxylic acids is 2. The predicted molar refractivity (Wildman–Crippen MR) is 123 cm³/mol. The van der Waals surface area contributed by atoms with Gasteiger partial charge in [0, 0.05) is 17.4 Å². The van der Waals surface area contributed by atoms with Crippen molar-refractivity contribution in [2.45, 2.75) is 19.4 Å². The molecule has 0 radical (unpaired) electrons. The zero-order chi connectivity index (χ0) is 25.0. The maximum Gasteiger partial charge on any atom is 0.362 e. The second kappa shape index (κ2) is 10.1. The Balaban J connectivity index is 1.61. The molecule has 0 unspecified atom stereocenters. The molecule has 1 saturated heterocycles. The number of hydrogen-bond donors (Lipinski definition) is 4. The summed E-state index contributed by atoms with van der Waals surface area (Å²) >= 11 is 1.08. The fourth-order valence-electron chi connectivity index (χ4n) is 3.20. The van der Waals surface area contributed by atoms with Crippen molar-refractivity contribution in [2.24, 2.45) is 16.8 Å². The van der Waals surface area contributed by atoms with E-state index >= 15 is 0 Å². The molecule has 1 aliphatic heterocycles. The molecule has 0 saturated carbocycles. The number of benzene rings is 1. The quantitative estimate of drug-likeness (QED) is 0.0816. The highest BCUT2D eigenvalue weighted by Crippen LogP contribution is 2.32. The lowest BCUT2D eigenvalue weighted by molar-refractivity contribution is -0.147. The van der Waals surface area contributed by atoms with Crippen LogP contribution in [0.5, 0.6) is 5.75 Å². The molecule has 13 nitrogen and oxygen atoms in total. The van der Waals surface area contributed by atoms with Crippen LogP contribution >= 0.6 is 11.3 Å². The minimum atomic E-state index is -4.69. The highest BCUT2D eigenvalue weighted by atomic mass is 32.2. The van der Waals surface area contributed by atoms with Crippen molar-refractivity contribution in [1.29, 1.82) is 5.41 Å². The van der Waals surface area contributed by atoms with Gasteiger partial charge in [0.1, 0.15) is 23.9 Å². The summed E-state index contributed by atoms with van der Waals surface area (Å²) in [5, 5.41) is 12.9. The molecule has 6 N–H and O–H groups in total. The molecule has 1 aromatic heterocycles. The Labute approximate surface area is 198 Å². The van der Waals surface area contributed by atoms with Crippen molar-refractivity contribution < 1.29 is 32.1 Å². The number of amides is 1. The number of nitrogens with two attached hydrogens (primary N) is 2. The van der Waals surface area contributed by atoms with E-state index in [-0.39, 0.29) is 42.0 Å². The summed E-state index contributed by atoms with van der Waals surface area (Å²) in [6.07, 6.45) is -0.357. The van der Waals surface area contributed by atoms with E-state index < -0.39 is 34.0 Å². The van der Waals surface area contributed by atoms with Gasteiger partial charge < -0.3 is 21.0 Å². The molecular formula is C19H22N6O7S2. The third-order valence-corrected chi connectivity index (χ3v) is 6.62. The Hall–Kier alpha value is -3.56. The van der Waals surface area contributed by atoms with Crippen molar-refractivity contribution in [3.8, 4) is 5.75 Å². The Morgan fingerprint density at radius 3 is 2.53 bits per heavy atom. The summed E-state index contributed by atoms with van der Waals surface area (Å²) in [6.45, 7) is 1.47. The number of carbonyl (C=O) groups is 2. The number of thiazole rings is 1. The number of hydrogen-bond acceptors (Lipinski definition) is 11. The molecule has 1 amide bonds. The van der Waals surface area contributed by atoms with E-state index in [0.29, 0.717) is 15.6 Å². The zero-order valence-corrected chi connectivity index (χ0v) is 19.5. The number of aromatic nitrogens is 1. The predicted octanol–water partition coefficient (Wildman–Crippen LogP) is 0.418. The Morgan fingerprint density at radius 2 is 2.00 bits per heavy atom. The maximum atomic E-state index is 12.8. The molecule has 2 aromatic rings. The monoisotopic (exact) mass is 510 g/mol. The smallest absolute Gasteiger partial charge is 0.362 e. The first-order valence-corrected chi connectivity index (χ1v) is 12.1. The van der Waals surface area contributed by atoms with Gasteiger partial charge >= 0.3 is 10.3 Å². The molecule has 34 heavy (non-hydrogen) atoms. The van der Waals surface area contributed by atoms with Crippen LogP contribution in [0.15, 0.2) is 34.8 Å². The Kier molecular flexibility index (Phi) is 7.48. The van der Waals surface area contributed by atoms with Crippen LogP contribution in [0.2, 0.25) is 0 Å². The topological polar surface area (TPSA) is 211 Å². The Bertz CT molecular complexity index is 1230. The molecular weight excluding hydrogens is 488 g/mol. The summed E-state index contributed by atoms with van der Waals surface area (Å²) in [7, 11) is -4.69. The first-order valence-electron chi connectivity index (χ1n) is 9.81. The fraction of sp³-hybridized carbons (Fsp3) is 0.316. The van der Waals surface area contributed by atoms with E-state index in [1.54, 1.807) is 24.3 Å². The number of ether oxygens (including phenoxy) is 1. The van der Waals surface area contributed by atoms with Gasteiger partial charge in [-0.2, -0.15) is 8.42 Å². The normalized spacial score (nSPS) is 18.4. The number of amidine groups is 1. The number of anilines is 1. The maximum absolute atomic E-state index is 12.8. The molecule has 1 aromatic carbocycles. The molecule has 1 aliphatic rings. The van der Waals surface area contributed by atoms with Crippen LogP contribution in [-0.4, -0.2) is 64.8 Å². The fourth-order valence-corrected chi connectivity index (χ4v) is 4.68. The highest BCUT2D eigenvalue weighted by Gasteiger charge is 2.51. The number of nitrogen functional groups attached to an aromatic ring is 2. The summed E-state index contributed by atoms with van der Waals surface area (Å²) < 4.78 is 37.4. The second-order valence-corrected chi connectivity index (χ2v) is 9.40. The molecule has 0 aliphatic carbocycles. The van der Waals surface area contributed by atoms with Crippen LogP contribution < -0.4 is 16.2 Å². The molecule has 0 spiro atoms. The lowest BCUT2D eigenvalue weighted by Gasteiger charge is -2.41. The summed E-state index contributed by atoms with van der Waals surface area (Å²) in [5.41, 5.74) is 11.6. The number of Topliss-reactive ketones (excluding diaryl/α,β-unsaturated/α-hetero) is 1. The van der Waals surface area contributed by atoms with Gasteiger partial charge in [-0.25, -0.2) is 9.29 Å². The van der Waals surface area contributed by atoms with Crippen LogP contribution in [0.1, 0.15) is 24.6 Å². The summed E-state index contributed by atoms with van der Waals surface area (Å²) in [5.74, 6) is -1.98. The van der Waals surface area contributed by atoms with E-state index in [9.17, 15) is 18.0 Å². The first kappa shape index (κ1) is 25.1. The van der Waals surface area contributed by atoms with E-state index in [0.717, 1.165) is 11.3 Å². The number of β-lactam (4-membered cyclic amide) rings is 1. The lowest BCUT2D eigenvalue weighted by atomic mass is 9.86. The van der Waals surface area contributed by atoms with Gasteiger partial charge in [-0.3, -0.25) is 19.6 Å². The molecule has 1 fully saturated rings. The lowest BCUT2D eigenvalue weighted by Crippen LogP contribution is -2.62. The molecule has 3 rings (SSSR count). The van der Waals surface area contributed by atoms with Crippen LogP contribution in [0.3, 0.4) is 0 Å². The van der Waals surface area contributed by atoms with Gasteiger partial charge in [-0.15, -0.1) is 11.3 Å². The van der Waals surface area contributed by atoms with Gasteiger partial charge in [-0.05, 0) is 31.2 Å². The first-order chi connectivity index (χ1) is 16.0. The van der Waals surface area contributed by atoms with Crippen molar-refractivity contribution >= 4 is 50.0 Å². The van der Waals surface area contributed by atoms with Crippen molar-refractivity contribution in [1.82, 2.24) is 9.29 Å². The van der Waals surface area contributed by atoms with E-state index in [1.807, 2.05) is 0 Å². The molecule has 0 bridgehead atoms. The van der Waals surface area contributed by atoms with Crippen LogP contribution in [0.4, 0.5) is 5.13 Å². The third kappa shape index (κ3) is 5.67. The van der Waals surface area contributed by atoms with Crippen molar-refractivity contribution in [3.05, 3.63) is 40.9 Å². The number of rotatable bonds is 11. The van der Waals surface area contributed by atoms with E-state index in [4.69, 9.17) is 31.0 Å². The van der Waals surface area contributed by atoms with E-state index in [2.05, 4.69) is 10.1 Å². The Morgan fingerprint density at radius 1 is 1.32 bits per heavy atom. The molecule has 15 heteroatoms. The second-order valence-electron chi connectivity index (χ2n) is 7.22. The van der Waals surface area contributed by atoms with Crippen LogP contribution in [0, 0.1) is 11.3 Å². The number of oxime groups is 1. The van der Waals surface area contributed by atoms with E-state index in [1.165, 1.54) is 12.3 Å². The molecule has 182 valence electrons. The van der Waals surface area contributed by atoms with Crippen LogP contribution in [0.25, 0.3) is 0 Å². The minimum Gasteiger partial charge on any atom is -0.490 e. The zero-order valence-electron chi connectivity index (χ0n) is 17.9. The van der Waals surface area contributed by atoms with Gasteiger partial charge in [0.15, 0.2) is 23.2 Å². The average Bonchev–Trinajstić information content (AvgIpc) is 3.19. The van der Waals surface area contributed by atoms with Gasteiger partial charge in [0.25, 0.3) is 0 Å². The third-order valence-electron chi connectivity index (χ3n) is 4.93. The van der Waals surface area contributed by atoms with Gasteiger partial charge in [-0.1, -0.05) is 5.16 Å². The summed E-state index contributed by atoms with van der Waals surface area (Å²) in [4.78, 5) is 34.2. The average molecular weight is 511 g/mol. The summed E-state index contributed by atoms with van der Waals surface area (Å²) in [6, 6.07) is 5.65. The number of nitrogens with zero attached hydrogens (tertiary/aromatic N) is 3. The number of ketones is 1. The van der Waals surface area contributed by atoms with Crippen LogP contribution in [-0.2, 0) is 24.7 Å². The standard InChI is InChI=1S/C19H22N6O7S2/c1-10-13(18(27)25(10)34(28,29)30)8-15(26)16(14-9-33-19(22)23-14)24-32-7-6-31-12-4-2-11(3-5-12)17(20)21/h2-5,9-10,13H,6-8H2,1H3,(H3,20,21)(H2,22,23)(H,28,29,30)/b24-16-/t10-,13+/m1/s1. The molecule has 2 atom stereocenters. The van der Waals surface area contributed by atoms with Gasteiger partial charge in [0.2, 0.25) is 5.91 Å². The largest absolute Gasteiger partial charge is 0.490 e. The molecule has 2 heterocycles. The SMILES string of the molecule is C[C@@H]1[C@H](CC(=O)/C(=N\OCCOc2ccc(C(=N)N)cc2)c2csc(N)n2)C(=O)N1S(=O)(=O)O. The highest BCUT2D eigenvalue weighted by molar-refractivity contribution is 7.84. The van der Waals surface area contributed by atoms with Gasteiger partial charge in [0.05, 0.1) is 12.0 Å². The minimum absolute atomic E-state index is 0.0276. The van der Waals surface area contributed by atoms with Crippen molar-refractivity contribution in [2.75, 3.05) is 18.9 Å². The van der Waals surface area contributed by atoms with Crippen molar-refractivity contribution in [3.63, 3.8) is 0 Å².